The summed E-state index contributed by atoms with van der Waals surface area (Å²) in [7, 11) is 0. The zero-order valence-electron chi connectivity index (χ0n) is 11.7. The molecule has 106 valence electrons. The Morgan fingerprint density at radius 2 is 1.90 bits per heavy atom. The fourth-order valence-corrected chi connectivity index (χ4v) is 2.83. The largest absolute Gasteiger partial charge is 0.376 e. The lowest BCUT2D eigenvalue weighted by atomic mass is 10.0. The number of aromatic nitrogens is 1. The molecule has 1 aromatic heterocycles. The number of nitrogens with zero attached hydrogens (tertiary/aromatic N) is 1. The molecule has 0 spiro atoms. The fourth-order valence-electron chi connectivity index (χ4n) is 2.24. The molecule has 0 fully saturated rings. The van der Waals surface area contributed by atoms with Crippen molar-refractivity contribution in [3.63, 3.8) is 0 Å². The van der Waals surface area contributed by atoms with Crippen LogP contribution in [0.3, 0.4) is 0 Å². The van der Waals surface area contributed by atoms with Gasteiger partial charge in [0.05, 0.1) is 11.7 Å². The molecule has 1 heterocycles. The van der Waals surface area contributed by atoms with Crippen molar-refractivity contribution >= 4 is 28.9 Å². The number of hydrogen-bond acceptors (Lipinski definition) is 2. The Balaban J connectivity index is 2.30. The minimum Gasteiger partial charge on any atom is -0.376 e. The van der Waals surface area contributed by atoms with Gasteiger partial charge < -0.3 is 5.32 Å². The van der Waals surface area contributed by atoms with Crippen LogP contribution in [0.2, 0.25) is 10.3 Å². The molecule has 1 aromatic carbocycles. The molecule has 2 aromatic rings. The highest BCUT2D eigenvalue weighted by Gasteiger charge is 2.14. The maximum atomic E-state index is 6.21. The van der Waals surface area contributed by atoms with Gasteiger partial charge in [0.1, 0.15) is 5.15 Å². The third kappa shape index (κ3) is 3.65. The molecule has 0 saturated heterocycles. The summed E-state index contributed by atoms with van der Waals surface area (Å²) < 4.78 is 0. The van der Waals surface area contributed by atoms with E-state index in [9.17, 15) is 0 Å². The summed E-state index contributed by atoms with van der Waals surface area (Å²) in [5, 5.41) is 4.35. The second kappa shape index (κ2) is 6.96. The first-order chi connectivity index (χ1) is 9.61. The molecule has 4 heteroatoms. The van der Waals surface area contributed by atoms with E-state index < -0.39 is 0 Å². The maximum Gasteiger partial charge on any atom is 0.154 e. The number of hydrogen-bond donors (Lipinski definition) is 1. The van der Waals surface area contributed by atoms with E-state index in [1.165, 1.54) is 5.56 Å². The number of halogens is 2. The molecule has 20 heavy (non-hydrogen) atoms. The van der Waals surface area contributed by atoms with Crippen LogP contribution in [0, 0.1) is 6.92 Å². The average molecular weight is 309 g/mol. The van der Waals surface area contributed by atoms with Gasteiger partial charge in [-0.2, -0.15) is 0 Å². The first-order valence-electron chi connectivity index (χ1n) is 6.76. The maximum absolute atomic E-state index is 6.21. The molecule has 0 amide bonds. The highest BCUT2D eigenvalue weighted by molar-refractivity contribution is 6.34. The summed E-state index contributed by atoms with van der Waals surface area (Å²) in [6, 6.07) is 12.4. The molecule has 0 radical (unpaired) electrons. The molecule has 2 rings (SSSR count). The Hall–Kier alpha value is -1.25. The standard InChI is InChI=1S/C16H18Cl2N2/c1-3-7-13(12-8-5-4-6-9-12)19-15-11(2)10-14(17)20-16(15)18/h4-6,8-10,13,19H,3,7H2,1-2H3. The Morgan fingerprint density at radius 3 is 2.50 bits per heavy atom. The number of anilines is 1. The van der Waals surface area contributed by atoms with Crippen molar-refractivity contribution in [1.82, 2.24) is 4.98 Å². The van der Waals surface area contributed by atoms with E-state index in [1.54, 1.807) is 0 Å². The monoisotopic (exact) mass is 308 g/mol. The molecular formula is C16H18Cl2N2. The second-order valence-electron chi connectivity index (χ2n) is 4.82. The Bertz CT molecular complexity index is 547. The van der Waals surface area contributed by atoms with Gasteiger partial charge in [0.15, 0.2) is 5.15 Å². The van der Waals surface area contributed by atoms with Gasteiger partial charge in [-0.05, 0) is 30.5 Å². The molecular weight excluding hydrogens is 291 g/mol. The van der Waals surface area contributed by atoms with E-state index in [0.29, 0.717) is 10.3 Å². The predicted octanol–water partition coefficient (Wildman–Crippen LogP) is 5.65. The van der Waals surface area contributed by atoms with Crippen molar-refractivity contribution < 1.29 is 0 Å². The highest BCUT2D eigenvalue weighted by Crippen LogP contribution is 2.31. The molecule has 0 aliphatic carbocycles. The molecule has 0 aliphatic heterocycles. The quantitative estimate of drug-likeness (QED) is 0.722. The van der Waals surface area contributed by atoms with Crippen molar-refractivity contribution in [1.29, 1.82) is 0 Å². The normalized spacial score (nSPS) is 12.2. The lowest BCUT2D eigenvalue weighted by Crippen LogP contribution is -2.12. The molecule has 2 nitrogen and oxygen atoms in total. The van der Waals surface area contributed by atoms with Crippen molar-refractivity contribution in [2.75, 3.05) is 5.32 Å². The van der Waals surface area contributed by atoms with E-state index in [0.717, 1.165) is 24.1 Å². The first-order valence-corrected chi connectivity index (χ1v) is 7.51. The van der Waals surface area contributed by atoms with Crippen LogP contribution in [0.1, 0.15) is 36.9 Å². The van der Waals surface area contributed by atoms with Crippen molar-refractivity contribution in [3.8, 4) is 0 Å². The number of benzene rings is 1. The highest BCUT2D eigenvalue weighted by atomic mass is 35.5. The van der Waals surface area contributed by atoms with Gasteiger partial charge in [0, 0.05) is 0 Å². The summed E-state index contributed by atoms with van der Waals surface area (Å²) in [5.41, 5.74) is 3.12. The van der Waals surface area contributed by atoms with Gasteiger partial charge in [-0.1, -0.05) is 66.9 Å². The van der Waals surface area contributed by atoms with E-state index in [1.807, 2.05) is 31.2 Å². The predicted molar refractivity (Wildman–Crippen MR) is 86.7 cm³/mol. The topological polar surface area (TPSA) is 24.9 Å². The van der Waals surface area contributed by atoms with Crippen LogP contribution >= 0.6 is 23.2 Å². The Labute approximate surface area is 130 Å². The fraction of sp³-hybridized carbons (Fsp3) is 0.312. The van der Waals surface area contributed by atoms with Crippen LogP contribution in [0.4, 0.5) is 5.69 Å². The van der Waals surface area contributed by atoms with Gasteiger partial charge in [0.25, 0.3) is 0 Å². The minimum atomic E-state index is 0.223. The second-order valence-corrected chi connectivity index (χ2v) is 5.57. The average Bonchev–Trinajstić information content (AvgIpc) is 2.42. The number of aryl methyl sites for hydroxylation is 1. The summed E-state index contributed by atoms with van der Waals surface area (Å²) in [4.78, 5) is 4.11. The Morgan fingerprint density at radius 1 is 1.20 bits per heavy atom. The minimum absolute atomic E-state index is 0.223. The van der Waals surface area contributed by atoms with Gasteiger partial charge >= 0.3 is 0 Å². The van der Waals surface area contributed by atoms with Crippen molar-refractivity contribution in [3.05, 3.63) is 57.8 Å². The molecule has 0 bridgehead atoms. The van der Waals surface area contributed by atoms with Gasteiger partial charge in [-0.15, -0.1) is 0 Å². The number of pyridine rings is 1. The smallest absolute Gasteiger partial charge is 0.154 e. The van der Waals surface area contributed by atoms with Crippen LogP contribution in [-0.4, -0.2) is 4.98 Å². The van der Waals surface area contributed by atoms with Crippen molar-refractivity contribution in [2.24, 2.45) is 0 Å². The lowest BCUT2D eigenvalue weighted by molar-refractivity contribution is 0.676. The van der Waals surface area contributed by atoms with Crippen molar-refractivity contribution in [2.45, 2.75) is 32.7 Å². The summed E-state index contributed by atoms with van der Waals surface area (Å²) in [6.45, 7) is 4.15. The van der Waals surface area contributed by atoms with Gasteiger partial charge in [0.2, 0.25) is 0 Å². The van der Waals surface area contributed by atoms with E-state index in [-0.39, 0.29) is 6.04 Å². The Kier molecular flexibility index (Phi) is 5.27. The summed E-state index contributed by atoms with van der Waals surface area (Å²) in [6.07, 6.45) is 2.12. The van der Waals surface area contributed by atoms with Crippen LogP contribution in [0.15, 0.2) is 36.4 Å². The van der Waals surface area contributed by atoms with Crippen LogP contribution in [0.5, 0.6) is 0 Å². The molecule has 1 atom stereocenters. The van der Waals surface area contributed by atoms with Crippen LogP contribution < -0.4 is 5.32 Å². The molecule has 1 unspecified atom stereocenters. The third-order valence-electron chi connectivity index (χ3n) is 3.24. The van der Waals surface area contributed by atoms with E-state index in [2.05, 4.69) is 29.4 Å². The summed E-state index contributed by atoms with van der Waals surface area (Å²) in [5.74, 6) is 0. The van der Waals surface area contributed by atoms with Crippen LogP contribution in [-0.2, 0) is 0 Å². The molecule has 0 aliphatic rings. The SMILES string of the molecule is CCCC(Nc1c(C)cc(Cl)nc1Cl)c1ccccc1. The first kappa shape index (κ1) is 15.1. The number of rotatable bonds is 5. The summed E-state index contributed by atoms with van der Waals surface area (Å²) >= 11 is 12.1. The van der Waals surface area contributed by atoms with Gasteiger partial charge in [-0.25, -0.2) is 4.98 Å². The third-order valence-corrected chi connectivity index (χ3v) is 3.71. The number of nitrogens with one attached hydrogen (secondary N) is 1. The van der Waals surface area contributed by atoms with E-state index >= 15 is 0 Å². The zero-order chi connectivity index (χ0) is 14.5. The van der Waals surface area contributed by atoms with Gasteiger partial charge in [-0.3, -0.25) is 0 Å². The lowest BCUT2D eigenvalue weighted by Gasteiger charge is -2.21. The molecule has 1 N–H and O–H groups in total. The molecule has 0 saturated carbocycles. The van der Waals surface area contributed by atoms with E-state index in [4.69, 9.17) is 23.2 Å². The van der Waals surface area contributed by atoms with Crippen LogP contribution in [0.25, 0.3) is 0 Å². The zero-order valence-corrected chi connectivity index (χ0v) is 13.2.